The summed E-state index contributed by atoms with van der Waals surface area (Å²) < 4.78 is 0. The Labute approximate surface area is 150 Å². The number of nitrogens with zero attached hydrogens (tertiary/aromatic N) is 3. The van der Waals surface area contributed by atoms with Crippen LogP contribution in [0.3, 0.4) is 0 Å². The van der Waals surface area contributed by atoms with Gasteiger partial charge in [-0.15, -0.1) is 11.8 Å². The summed E-state index contributed by atoms with van der Waals surface area (Å²) in [5.74, 6) is 1.42. The second-order valence-corrected chi connectivity index (χ2v) is 6.37. The molecule has 2 aromatic heterocycles. The average Bonchev–Trinajstić information content (AvgIpc) is 2.69. The van der Waals surface area contributed by atoms with Crippen LogP contribution in [0.5, 0.6) is 0 Å². The second kappa shape index (κ2) is 6.91. The number of nitrogens with one attached hydrogen (secondary N) is 1. The van der Waals surface area contributed by atoms with E-state index in [0.717, 1.165) is 22.5 Å². The van der Waals surface area contributed by atoms with Crippen LogP contribution in [0.2, 0.25) is 0 Å². The maximum Gasteiger partial charge on any atom is 0.165 e. The molecule has 4 nitrogen and oxygen atoms in total. The van der Waals surface area contributed by atoms with Gasteiger partial charge in [-0.05, 0) is 36.6 Å². The van der Waals surface area contributed by atoms with Gasteiger partial charge in [0.1, 0.15) is 5.82 Å². The van der Waals surface area contributed by atoms with E-state index in [4.69, 9.17) is 4.98 Å². The smallest absolute Gasteiger partial charge is 0.165 e. The molecule has 122 valence electrons. The molecule has 0 radical (unpaired) electrons. The zero-order valence-electron chi connectivity index (χ0n) is 13.7. The van der Waals surface area contributed by atoms with E-state index in [-0.39, 0.29) is 0 Å². The Hall–Kier alpha value is -2.92. The van der Waals surface area contributed by atoms with Crippen molar-refractivity contribution < 1.29 is 0 Å². The van der Waals surface area contributed by atoms with Crippen molar-refractivity contribution in [3.8, 4) is 11.4 Å². The third kappa shape index (κ3) is 3.32. The fourth-order valence-electron chi connectivity index (χ4n) is 2.61. The zero-order chi connectivity index (χ0) is 17.1. The first-order valence-corrected chi connectivity index (χ1v) is 9.15. The van der Waals surface area contributed by atoms with Crippen molar-refractivity contribution >= 4 is 34.3 Å². The molecule has 0 spiro atoms. The summed E-state index contributed by atoms with van der Waals surface area (Å²) in [6, 6.07) is 22.1. The first-order valence-electron chi connectivity index (χ1n) is 7.93. The van der Waals surface area contributed by atoms with Gasteiger partial charge in [-0.3, -0.25) is 0 Å². The minimum Gasteiger partial charge on any atom is -0.340 e. The molecule has 4 rings (SSSR count). The second-order valence-electron chi connectivity index (χ2n) is 5.49. The average molecular weight is 344 g/mol. The Bertz CT molecular complexity index is 1020. The Morgan fingerprint density at radius 3 is 2.60 bits per heavy atom. The molecule has 4 aromatic rings. The number of hydrogen-bond acceptors (Lipinski definition) is 5. The number of thioether (sulfide) groups is 1. The molecular formula is C20H16N4S. The minimum atomic E-state index is 0.662. The number of anilines is 2. The molecule has 2 heterocycles. The van der Waals surface area contributed by atoms with Gasteiger partial charge in [0.25, 0.3) is 0 Å². The van der Waals surface area contributed by atoms with Crippen LogP contribution in [0.4, 0.5) is 11.5 Å². The van der Waals surface area contributed by atoms with Crippen molar-refractivity contribution in [2.75, 3.05) is 11.6 Å². The predicted octanol–water partition coefficient (Wildman–Crippen LogP) is 5.16. The first kappa shape index (κ1) is 15.6. The highest BCUT2D eigenvalue weighted by atomic mass is 32.2. The van der Waals surface area contributed by atoms with E-state index in [9.17, 15) is 0 Å². The van der Waals surface area contributed by atoms with Crippen molar-refractivity contribution in [3.63, 3.8) is 0 Å². The molecule has 0 bridgehead atoms. The molecule has 5 heteroatoms. The van der Waals surface area contributed by atoms with Gasteiger partial charge >= 0.3 is 0 Å². The van der Waals surface area contributed by atoms with Crippen LogP contribution in [0.25, 0.3) is 22.4 Å². The Morgan fingerprint density at radius 1 is 0.880 bits per heavy atom. The monoisotopic (exact) mass is 344 g/mol. The summed E-state index contributed by atoms with van der Waals surface area (Å²) in [6.07, 6.45) is 3.82. The third-order valence-corrected chi connectivity index (χ3v) is 4.56. The highest BCUT2D eigenvalue weighted by molar-refractivity contribution is 7.98. The van der Waals surface area contributed by atoms with Crippen molar-refractivity contribution in [2.45, 2.75) is 4.90 Å². The van der Waals surface area contributed by atoms with Crippen molar-refractivity contribution in [3.05, 3.63) is 72.9 Å². The zero-order valence-corrected chi connectivity index (χ0v) is 14.5. The van der Waals surface area contributed by atoms with Crippen LogP contribution in [0.1, 0.15) is 0 Å². The highest BCUT2D eigenvalue weighted by Gasteiger charge is 2.10. The molecule has 0 saturated heterocycles. The number of fused-ring (bicyclic) bond motifs is 1. The van der Waals surface area contributed by atoms with Crippen LogP contribution >= 0.6 is 11.8 Å². The van der Waals surface area contributed by atoms with Crippen molar-refractivity contribution in [1.29, 1.82) is 0 Å². The number of pyridine rings is 1. The largest absolute Gasteiger partial charge is 0.340 e. The van der Waals surface area contributed by atoms with Gasteiger partial charge in [-0.2, -0.15) is 0 Å². The van der Waals surface area contributed by atoms with E-state index >= 15 is 0 Å². The van der Waals surface area contributed by atoms with Crippen LogP contribution in [-0.4, -0.2) is 21.2 Å². The predicted molar refractivity (Wildman–Crippen MR) is 104 cm³/mol. The van der Waals surface area contributed by atoms with Gasteiger partial charge in [0.05, 0.1) is 5.39 Å². The van der Waals surface area contributed by atoms with E-state index in [0.29, 0.717) is 11.5 Å². The van der Waals surface area contributed by atoms with Crippen LogP contribution in [-0.2, 0) is 0 Å². The molecule has 25 heavy (non-hydrogen) atoms. The van der Waals surface area contributed by atoms with E-state index in [1.54, 1.807) is 18.0 Å². The van der Waals surface area contributed by atoms with Gasteiger partial charge in [0, 0.05) is 22.3 Å². The topological polar surface area (TPSA) is 50.7 Å². The molecule has 0 aliphatic heterocycles. The van der Waals surface area contributed by atoms with Gasteiger partial charge in [0.15, 0.2) is 11.5 Å². The Morgan fingerprint density at radius 2 is 1.76 bits per heavy atom. The SMILES string of the molecule is CSc1cccc(Nc2nc(-c3ccccc3)nc3ncccc23)c1. The lowest BCUT2D eigenvalue weighted by Gasteiger charge is -2.11. The lowest BCUT2D eigenvalue weighted by molar-refractivity contribution is 1.18. The third-order valence-electron chi connectivity index (χ3n) is 3.84. The summed E-state index contributed by atoms with van der Waals surface area (Å²) in [4.78, 5) is 15.0. The molecule has 1 N–H and O–H groups in total. The molecule has 0 saturated carbocycles. The first-order chi connectivity index (χ1) is 12.3. The van der Waals surface area contributed by atoms with Crippen LogP contribution < -0.4 is 5.32 Å². The van der Waals surface area contributed by atoms with E-state index < -0.39 is 0 Å². The number of aromatic nitrogens is 3. The molecule has 0 amide bonds. The minimum absolute atomic E-state index is 0.662. The fraction of sp³-hybridized carbons (Fsp3) is 0.0500. The normalized spacial score (nSPS) is 10.8. The maximum absolute atomic E-state index is 4.75. The van der Waals surface area contributed by atoms with E-state index in [1.165, 1.54) is 4.90 Å². The van der Waals surface area contributed by atoms with Gasteiger partial charge < -0.3 is 5.32 Å². The lowest BCUT2D eigenvalue weighted by Crippen LogP contribution is -2.00. The Balaban J connectivity index is 1.83. The number of rotatable bonds is 4. The maximum atomic E-state index is 4.75. The quantitative estimate of drug-likeness (QED) is 0.518. The van der Waals surface area contributed by atoms with Crippen LogP contribution in [0.15, 0.2) is 77.8 Å². The summed E-state index contributed by atoms with van der Waals surface area (Å²) >= 11 is 1.71. The molecule has 0 unspecified atom stereocenters. The van der Waals surface area contributed by atoms with Crippen molar-refractivity contribution in [2.24, 2.45) is 0 Å². The summed E-state index contributed by atoms with van der Waals surface area (Å²) in [7, 11) is 0. The molecule has 2 aromatic carbocycles. The Kier molecular flexibility index (Phi) is 4.31. The van der Waals surface area contributed by atoms with Gasteiger partial charge in [-0.1, -0.05) is 36.4 Å². The fourth-order valence-corrected chi connectivity index (χ4v) is 3.07. The van der Waals surface area contributed by atoms with Gasteiger partial charge in [-0.25, -0.2) is 15.0 Å². The highest BCUT2D eigenvalue weighted by Crippen LogP contribution is 2.27. The van der Waals surface area contributed by atoms with Crippen molar-refractivity contribution in [1.82, 2.24) is 15.0 Å². The molecule has 0 aliphatic carbocycles. The van der Waals surface area contributed by atoms with Crippen LogP contribution in [0, 0.1) is 0 Å². The standard InChI is InChI=1S/C20H16N4S/c1-25-16-10-5-9-15(13-16)22-20-17-11-6-12-21-19(17)23-18(24-20)14-7-3-2-4-8-14/h2-13H,1H3,(H,21,22,23,24). The summed E-state index contributed by atoms with van der Waals surface area (Å²) in [6.45, 7) is 0. The summed E-state index contributed by atoms with van der Waals surface area (Å²) in [5, 5.41) is 4.33. The molecular weight excluding hydrogens is 328 g/mol. The lowest BCUT2D eigenvalue weighted by atomic mass is 10.2. The molecule has 0 atom stereocenters. The number of benzene rings is 2. The number of hydrogen-bond donors (Lipinski definition) is 1. The van der Waals surface area contributed by atoms with Gasteiger partial charge in [0.2, 0.25) is 0 Å². The molecule has 0 aliphatic rings. The van der Waals surface area contributed by atoms with E-state index in [2.05, 4.69) is 33.7 Å². The van der Waals surface area contributed by atoms with E-state index in [1.807, 2.05) is 54.6 Å². The summed E-state index contributed by atoms with van der Waals surface area (Å²) in [5.41, 5.74) is 2.64. The molecule has 0 fully saturated rings.